The molecule has 0 saturated heterocycles. The Bertz CT molecular complexity index is 150. The number of hydrogen-bond donors (Lipinski definition) is 0. The van der Waals surface area contributed by atoms with E-state index in [1.54, 1.807) is 0 Å². The fraction of sp³-hybridized carbons (Fsp3) is 1.00. The molecule has 0 radical (unpaired) electrons. The minimum atomic E-state index is -4.14. The molecule has 6 heteroatoms. The van der Waals surface area contributed by atoms with Crippen molar-refractivity contribution < 1.29 is 13.2 Å². The lowest BCUT2D eigenvalue weighted by atomic mass is 10.4. The van der Waals surface area contributed by atoms with Crippen molar-refractivity contribution in [3.8, 4) is 0 Å². The zero-order valence-electron chi connectivity index (χ0n) is 8.44. The van der Waals surface area contributed by atoms with Gasteiger partial charge in [0.15, 0.2) is 0 Å². The van der Waals surface area contributed by atoms with E-state index in [1.165, 1.54) is 4.90 Å². The maximum atomic E-state index is 12.1. The molecule has 14 heavy (non-hydrogen) atoms. The van der Waals surface area contributed by atoms with Gasteiger partial charge in [0, 0.05) is 25.5 Å². The van der Waals surface area contributed by atoms with Crippen molar-refractivity contribution in [2.75, 3.05) is 46.2 Å². The molecule has 0 rings (SSSR count). The fourth-order valence-electron chi connectivity index (χ4n) is 0.984. The highest BCUT2D eigenvalue weighted by Crippen LogP contribution is 2.16. The average molecular weight is 233 g/mol. The first kappa shape index (κ1) is 14.0. The van der Waals surface area contributed by atoms with Gasteiger partial charge < -0.3 is 4.90 Å². The first-order valence-electron chi connectivity index (χ1n) is 4.35. The van der Waals surface area contributed by atoms with Gasteiger partial charge in [-0.1, -0.05) is 0 Å². The Hall–Kier alpha value is -0.0000000000000000555. The number of rotatable bonds is 6. The van der Waals surface area contributed by atoms with Crippen LogP contribution in [0.3, 0.4) is 0 Å². The highest BCUT2D eigenvalue weighted by molar-refractivity contribution is 6.18. The molecule has 0 aliphatic rings. The summed E-state index contributed by atoms with van der Waals surface area (Å²) in [6.45, 7) is 0.384. The molecule has 0 atom stereocenters. The highest BCUT2D eigenvalue weighted by Gasteiger charge is 2.30. The maximum Gasteiger partial charge on any atom is 0.401 e. The summed E-state index contributed by atoms with van der Waals surface area (Å²) in [6, 6.07) is 0. The SMILES string of the molecule is CN(C)CCN(CCCl)CC(F)(F)F. The number of likely N-dealkylation sites (N-methyl/N-ethyl adjacent to an activating group) is 1. The fourth-order valence-corrected chi connectivity index (χ4v) is 1.22. The van der Waals surface area contributed by atoms with E-state index in [-0.39, 0.29) is 12.4 Å². The van der Waals surface area contributed by atoms with Gasteiger partial charge in [-0.3, -0.25) is 4.90 Å². The van der Waals surface area contributed by atoms with Crippen molar-refractivity contribution in [3.63, 3.8) is 0 Å². The molecule has 0 aromatic rings. The lowest BCUT2D eigenvalue weighted by Crippen LogP contribution is -2.39. The number of halogens is 4. The number of nitrogens with zero attached hydrogens (tertiary/aromatic N) is 2. The molecule has 0 aliphatic carbocycles. The van der Waals surface area contributed by atoms with E-state index >= 15 is 0 Å². The van der Waals surface area contributed by atoms with Crippen LogP contribution in [0.15, 0.2) is 0 Å². The number of hydrogen-bond acceptors (Lipinski definition) is 2. The predicted molar refractivity (Wildman–Crippen MR) is 51.8 cm³/mol. The summed E-state index contributed by atoms with van der Waals surface area (Å²) in [5, 5.41) is 0. The summed E-state index contributed by atoms with van der Waals surface area (Å²) in [4.78, 5) is 3.16. The average Bonchev–Trinajstić information content (AvgIpc) is 1.98. The van der Waals surface area contributed by atoms with Crippen molar-refractivity contribution >= 4 is 11.6 Å². The summed E-state index contributed by atoms with van der Waals surface area (Å²) in [5.41, 5.74) is 0. The Morgan fingerprint density at radius 1 is 1.07 bits per heavy atom. The molecule has 0 aromatic heterocycles. The quantitative estimate of drug-likeness (QED) is 0.643. The van der Waals surface area contributed by atoms with Crippen molar-refractivity contribution in [1.29, 1.82) is 0 Å². The second-order valence-corrected chi connectivity index (χ2v) is 3.76. The molecule has 0 amide bonds. The van der Waals surface area contributed by atoms with E-state index in [0.29, 0.717) is 13.1 Å². The first-order chi connectivity index (χ1) is 6.35. The van der Waals surface area contributed by atoms with Gasteiger partial charge in [-0.05, 0) is 14.1 Å². The summed E-state index contributed by atoms with van der Waals surface area (Å²) < 4.78 is 36.2. The standard InChI is InChI=1S/C8H16ClF3N2/c1-13(2)5-6-14(4-3-9)7-8(10,11)12/h3-7H2,1-2H3. The molecule has 2 nitrogen and oxygen atoms in total. The van der Waals surface area contributed by atoms with Crippen molar-refractivity contribution in [3.05, 3.63) is 0 Å². The Morgan fingerprint density at radius 3 is 2.00 bits per heavy atom. The van der Waals surface area contributed by atoms with Gasteiger partial charge in [0.25, 0.3) is 0 Å². The zero-order chi connectivity index (χ0) is 11.2. The van der Waals surface area contributed by atoms with Gasteiger partial charge in [-0.2, -0.15) is 13.2 Å². The third kappa shape index (κ3) is 8.59. The minimum absolute atomic E-state index is 0.226. The van der Waals surface area contributed by atoms with E-state index in [0.717, 1.165) is 0 Å². The third-order valence-electron chi connectivity index (χ3n) is 1.67. The highest BCUT2D eigenvalue weighted by atomic mass is 35.5. The molecule has 0 N–H and O–H groups in total. The topological polar surface area (TPSA) is 6.48 Å². The van der Waals surface area contributed by atoms with Crippen molar-refractivity contribution in [2.24, 2.45) is 0 Å². The lowest BCUT2D eigenvalue weighted by molar-refractivity contribution is -0.145. The van der Waals surface area contributed by atoms with Crippen LogP contribution in [0.2, 0.25) is 0 Å². The molecule has 0 spiro atoms. The normalized spacial score (nSPS) is 12.9. The molecular formula is C8H16ClF3N2. The van der Waals surface area contributed by atoms with Crippen LogP contribution in [0.1, 0.15) is 0 Å². The molecular weight excluding hydrogens is 217 g/mol. The van der Waals surface area contributed by atoms with Gasteiger partial charge in [-0.25, -0.2) is 0 Å². The maximum absolute atomic E-state index is 12.1. The third-order valence-corrected chi connectivity index (χ3v) is 1.84. The van der Waals surface area contributed by atoms with Crippen LogP contribution < -0.4 is 0 Å². The van der Waals surface area contributed by atoms with Gasteiger partial charge >= 0.3 is 6.18 Å². The Labute approximate surface area is 87.6 Å². The van der Waals surface area contributed by atoms with Crippen LogP contribution in [-0.4, -0.2) is 62.1 Å². The minimum Gasteiger partial charge on any atom is -0.308 e. The van der Waals surface area contributed by atoms with Gasteiger partial charge in [0.05, 0.1) is 6.54 Å². The molecule has 0 aliphatic heterocycles. The van der Waals surface area contributed by atoms with Gasteiger partial charge in [0.2, 0.25) is 0 Å². The summed E-state index contributed by atoms with van der Waals surface area (Å²) in [6.07, 6.45) is -4.14. The number of alkyl halides is 4. The Morgan fingerprint density at radius 2 is 1.64 bits per heavy atom. The Kier molecular flexibility index (Phi) is 6.48. The van der Waals surface area contributed by atoms with E-state index in [9.17, 15) is 13.2 Å². The second kappa shape index (κ2) is 6.48. The smallest absolute Gasteiger partial charge is 0.308 e. The second-order valence-electron chi connectivity index (χ2n) is 3.38. The van der Waals surface area contributed by atoms with E-state index < -0.39 is 12.7 Å². The summed E-state index contributed by atoms with van der Waals surface area (Å²) in [7, 11) is 3.65. The zero-order valence-corrected chi connectivity index (χ0v) is 9.20. The van der Waals surface area contributed by atoms with Crippen LogP contribution in [0.5, 0.6) is 0 Å². The van der Waals surface area contributed by atoms with Gasteiger partial charge in [-0.15, -0.1) is 11.6 Å². The summed E-state index contributed by atoms with van der Waals surface area (Å²) >= 11 is 5.42. The monoisotopic (exact) mass is 232 g/mol. The van der Waals surface area contributed by atoms with Crippen molar-refractivity contribution in [1.82, 2.24) is 9.80 Å². The van der Waals surface area contributed by atoms with Crippen LogP contribution >= 0.6 is 11.6 Å². The van der Waals surface area contributed by atoms with E-state index in [2.05, 4.69) is 0 Å². The molecule has 0 fully saturated rings. The van der Waals surface area contributed by atoms with E-state index in [4.69, 9.17) is 11.6 Å². The van der Waals surface area contributed by atoms with Crippen LogP contribution in [0.25, 0.3) is 0 Å². The van der Waals surface area contributed by atoms with Crippen LogP contribution in [0.4, 0.5) is 13.2 Å². The van der Waals surface area contributed by atoms with Crippen molar-refractivity contribution in [2.45, 2.75) is 6.18 Å². The lowest BCUT2D eigenvalue weighted by Gasteiger charge is -2.24. The molecule has 0 aromatic carbocycles. The molecule has 0 heterocycles. The molecule has 0 unspecified atom stereocenters. The first-order valence-corrected chi connectivity index (χ1v) is 4.88. The van der Waals surface area contributed by atoms with E-state index in [1.807, 2.05) is 19.0 Å². The van der Waals surface area contributed by atoms with Crippen LogP contribution in [-0.2, 0) is 0 Å². The molecule has 0 bridgehead atoms. The van der Waals surface area contributed by atoms with Gasteiger partial charge in [0.1, 0.15) is 0 Å². The van der Waals surface area contributed by atoms with Crippen LogP contribution in [0, 0.1) is 0 Å². The molecule has 86 valence electrons. The largest absolute Gasteiger partial charge is 0.401 e. The summed E-state index contributed by atoms with van der Waals surface area (Å²) in [5.74, 6) is 0.226. The predicted octanol–water partition coefficient (Wildman–Crippen LogP) is 1.65. The molecule has 0 saturated carbocycles. The Balaban J connectivity index is 3.89.